The zero-order valence-electron chi connectivity index (χ0n) is 18.0. The summed E-state index contributed by atoms with van der Waals surface area (Å²) in [5, 5.41) is 3.76. The number of carbonyl (C=O) groups is 1. The third-order valence-electron chi connectivity index (χ3n) is 4.89. The first-order valence-electron chi connectivity index (χ1n) is 9.99. The lowest BCUT2D eigenvalue weighted by molar-refractivity contribution is -0.116. The number of nitrogens with zero attached hydrogens (tertiary/aromatic N) is 1. The fourth-order valence-electron chi connectivity index (χ4n) is 3.31. The van der Waals surface area contributed by atoms with E-state index in [4.69, 9.17) is 23.2 Å². The minimum atomic E-state index is -3.91. The number of amides is 1. The molecule has 5 nitrogen and oxygen atoms in total. The summed E-state index contributed by atoms with van der Waals surface area (Å²) in [6, 6.07) is 16.8. The molecule has 1 N–H and O–H groups in total. The summed E-state index contributed by atoms with van der Waals surface area (Å²) in [5.41, 5.74) is 3.82. The van der Waals surface area contributed by atoms with Crippen LogP contribution >= 0.6 is 23.2 Å². The van der Waals surface area contributed by atoms with Crippen LogP contribution in [0.5, 0.6) is 0 Å². The van der Waals surface area contributed by atoms with E-state index in [1.807, 2.05) is 32.9 Å². The van der Waals surface area contributed by atoms with Crippen LogP contribution in [0.4, 0.5) is 11.4 Å². The number of anilines is 2. The molecule has 0 fully saturated rings. The summed E-state index contributed by atoms with van der Waals surface area (Å²) < 4.78 is 28.2. The van der Waals surface area contributed by atoms with E-state index in [-0.39, 0.29) is 23.8 Å². The molecule has 0 radical (unpaired) electrons. The highest BCUT2D eigenvalue weighted by atomic mass is 35.5. The molecule has 168 valence electrons. The van der Waals surface area contributed by atoms with Crippen LogP contribution in [0.25, 0.3) is 0 Å². The van der Waals surface area contributed by atoms with Crippen molar-refractivity contribution in [1.29, 1.82) is 0 Å². The Bertz CT molecular complexity index is 1220. The molecule has 0 aromatic heterocycles. The Hall–Kier alpha value is -2.54. The second-order valence-electron chi connectivity index (χ2n) is 7.64. The van der Waals surface area contributed by atoms with E-state index in [9.17, 15) is 13.2 Å². The second kappa shape index (κ2) is 9.94. The van der Waals surface area contributed by atoms with Crippen molar-refractivity contribution in [2.24, 2.45) is 0 Å². The molecule has 8 heteroatoms. The first-order chi connectivity index (χ1) is 15.1. The van der Waals surface area contributed by atoms with Gasteiger partial charge in [-0.05, 0) is 86.0 Å². The van der Waals surface area contributed by atoms with Crippen LogP contribution in [0, 0.1) is 20.8 Å². The first-order valence-corrected chi connectivity index (χ1v) is 12.2. The van der Waals surface area contributed by atoms with Gasteiger partial charge in [0.05, 0.1) is 10.6 Å². The molecular weight excluding hydrogens is 467 g/mol. The molecule has 3 rings (SSSR count). The quantitative estimate of drug-likeness (QED) is 0.432. The van der Waals surface area contributed by atoms with Gasteiger partial charge in [0.25, 0.3) is 10.0 Å². The predicted molar refractivity (Wildman–Crippen MR) is 131 cm³/mol. The normalized spacial score (nSPS) is 11.3. The fourth-order valence-corrected chi connectivity index (χ4v) is 5.07. The molecule has 0 atom stereocenters. The number of benzene rings is 3. The molecule has 0 saturated heterocycles. The van der Waals surface area contributed by atoms with Crippen LogP contribution in [0.2, 0.25) is 10.0 Å². The van der Waals surface area contributed by atoms with Crippen molar-refractivity contribution in [2.75, 3.05) is 16.2 Å². The van der Waals surface area contributed by atoms with Gasteiger partial charge in [0, 0.05) is 28.7 Å². The average Bonchev–Trinajstić information content (AvgIpc) is 2.70. The van der Waals surface area contributed by atoms with Crippen LogP contribution in [0.1, 0.15) is 23.1 Å². The van der Waals surface area contributed by atoms with Crippen LogP contribution in [0.3, 0.4) is 0 Å². The zero-order valence-corrected chi connectivity index (χ0v) is 20.4. The number of hydrogen-bond acceptors (Lipinski definition) is 3. The minimum absolute atomic E-state index is 0.0285. The molecule has 3 aromatic carbocycles. The average molecular weight is 491 g/mol. The van der Waals surface area contributed by atoms with E-state index in [2.05, 4.69) is 5.32 Å². The molecule has 0 aliphatic carbocycles. The Morgan fingerprint density at radius 1 is 0.906 bits per heavy atom. The highest BCUT2D eigenvalue weighted by molar-refractivity contribution is 7.92. The van der Waals surface area contributed by atoms with Crippen LogP contribution in [0.15, 0.2) is 65.6 Å². The maximum absolute atomic E-state index is 13.5. The van der Waals surface area contributed by atoms with Crippen molar-refractivity contribution < 1.29 is 13.2 Å². The number of nitrogens with one attached hydrogen (secondary N) is 1. The Labute approximate surface area is 199 Å². The monoisotopic (exact) mass is 490 g/mol. The highest BCUT2D eigenvalue weighted by Crippen LogP contribution is 2.27. The van der Waals surface area contributed by atoms with Crippen molar-refractivity contribution in [1.82, 2.24) is 0 Å². The summed E-state index contributed by atoms with van der Waals surface area (Å²) in [6.45, 7) is 5.64. The second-order valence-corrected chi connectivity index (χ2v) is 10.3. The molecule has 0 spiro atoms. The van der Waals surface area contributed by atoms with Crippen molar-refractivity contribution in [3.63, 3.8) is 0 Å². The lowest BCUT2D eigenvalue weighted by Gasteiger charge is -2.25. The van der Waals surface area contributed by atoms with Gasteiger partial charge in [-0.25, -0.2) is 8.42 Å². The van der Waals surface area contributed by atoms with Crippen molar-refractivity contribution >= 4 is 50.5 Å². The maximum Gasteiger partial charge on any atom is 0.264 e. The lowest BCUT2D eigenvalue weighted by atomic mass is 10.1. The summed E-state index contributed by atoms with van der Waals surface area (Å²) in [4.78, 5) is 12.7. The predicted octanol–water partition coefficient (Wildman–Crippen LogP) is 6.14. The Balaban J connectivity index is 1.88. The summed E-state index contributed by atoms with van der Waals surface area (Å²) in [6.07, 6.45) is -0.0364. The number of aryl methyl sites for hydroxylation is 3. The summed E-state index contributed by atoms with van der Waals surface area (Å²) in [7, 11) is -3.91. The molecule has 0 aliphatic heterocycles. The van der Waals surface area contributed by atoms with Crippen LogP contribution in [-0.4, -0.2) is 20.9 Å². The number of rotatable bonds is 7. The van der Waals surface area contributed by atoms with Gasteiger partial charge in [0.2, 0.25) is 5.91 Å². The van der Waals surface area contributed by atoms with Gasteiger partial charge < -0.3 is 5.32 Å². The van der Waals surface area contributed by atoms with Gasteiger partial charge in [-0.15, -0.1) is 0 Å². The SMILES string of the molecule is Cc1cc(C)cc(N(CCC(=O)Nc2ccc(C)c(Cl)c2)S(=O)(=O)c2ccc(Cl)cc2)c1. The molecule has 1 amide bonds. The summed E-state index contributed by atoms with van der Waals surface area (Å²) >= 11 is 12.1. The van der Waals surface area contributed by atoms with E-state index in [0.29, 0.717) is 21.4 Å². The van der Waals surface area contributed by atoms with Gasteiger partial charge in [-0.2, -0.15) is 0 Å². The molecule has 0 bridgehead atoms. The standard InChI is InChI=1S/C24H24Cl2N2O3S/c1-16-12-17(2)14-21(13-16)28(32(30,31)22-8-5-19(25)6-9-22)11-10-24(29)27-20-7-4-18(3)23(26)15-20/h4-9,12-15H,10-11H2,1-3H3,(H,27,29). The lowest BCUT2D eigenvalue weighted by Crippen LogP contribution is -2.34. The van der Waals surface area contributed by atoms with E-state index in [0.717, 1.165) is 16.7 Å². The minimum Gasteiger partial charge on any atom is -0.326 e. The van der Waals surface area contributed by atoms with Crippen molar-refractivity contribution in [2.45, 2.75) is 32.1 Å². The molecule has 32 heavy (non-hydrogen) atoms. The number of hydrogen-bond donors (Lipinski definition) is 1. The molecule has 0 unspecified atom stereocenters. The van der Waals surface area contributed by atoms with Gasteiger partial charge in [-0.3, -0.25) is 9.10 Å². The number of carbonyl (C=O) groups excluding carboxylic acids is 1. The molecule has 0 heterocycles. The third-order valence-corrected chi connectivity index (χ3v) is 7.39. The van der Waals surface area contributed by atoms with E-state index < -0.39 is 10.0 Å². The molecule has 0 aliphatic rings. The van der Waals surface area contributed by atoms with Crippen molar-refractivity contribution in [3.05, 3.63) is 87.4 Å². The van der Waals surface area contributed by atoms with Gasteiger partial charge in [0.15, 0.2) is 0 Å². The van der Waals surface area contributed by atoms with Crippen LogP contribution < -0.4 is 9.62 Å². The van der Waals surface area contributed by atoms with Crippen molar-refractivity contribution in [3.8, 4) is 0 Å². The van der Waals surface area contributed by atoms with Gasteiger partial charge >= 0.3 is 0 Å². The smallest absolute Gasteiger partial charge is 0.264 e. The number of sulfonamides is 1. The highest BCUT2D eigenvalue weighted by Gasteiger charge is 2.26. The Morgan fingerprint density at radius 2 is 1.53 bits per heavy atom. The molecule has 0 saturated carbocycles. The van der Waals surface area contributed by atoms with E-state index in [1.165, 1.54) is 28.6 Å². The maximum atomic E-state index is 13.5. The Kier molecular flexibility index (Phi) is 7.49. The number of halogens is 2. The topological polar surface area (TPSA) is 66.5 Å². The molecule has 3 aromatic rings. The van der Waals surface area contributed by atoms with Gasteiger partial charge in [0.1, 0.15) is 0 Å². The van der Waals surface area contributed by atoms with E-state index in [1.54, 1.807) is 24.3 Å². The Morgan fingerprint density at radius 3 is 2.12 bits per heavy atom. The fraction of sp³-hybridized carbons (Fsp3) is 0.208. The van der Waals surface area contributed by atoms with E-state index >= 15 is 0 Å². The van der Waals surface area contributed by atoms with Gasteiger partial charge in [-0.1, -0.05) is 35.3 Å². The summed E-state index contributed by atoms with van der Waals surface area (Å²) in [5.74, 6) is -0.314. The van der Waals surface area contributed by atoms with Crippen LogP contribution in [-0.2, 0) is 14.8 Å². The third kappa shape index (κ3) is 5.82. The molecular formula is C24H24Cl2N2O3S. The first kappa shape index (κ1) is 24.1. The zero-order chi connectivity index (χ0) is 23.5. The largest absolute Gasteiger partial charge is 0.326 e.